The van der Waals surface area contributed by atoms with Gasteiger partial charge in [-0.15, -0.1) is 0 Å². The molecule has 1 aliphatic rings. The van der Waals surface area contributed by atoms with Crippen molar-refractivity contribution in [2.24, 2.45) is 5.73 Å². The Hall–Kier alpha value is -1.62. The van der Waals surface area contributed by atoms with E-state index in [9.17, 15) is 4.79 Å². The van der Waals surface area contributed by atoms with Crippen molar-refractivity contribution in [1.29, 1.82) is 0 Å². The van der Waals surface area contributed by atoms with Crippen LogP contribution in [-0.2, 0) is 11.2 Å². The zero-order valence-corrected chi connectivity index (χ0v) is 12.0. The molecule has 20 heavy (non-hydrogen) atoms. The molecule has 0 spiro atoms. The van der Waals surface area contributed by atoms with Crippen molar-refractivity contribution in [2.45, 2.75) is 51.1 Å². The third-order valence-corrected chi connectivity index (χ3v) is 3.42. The molecule has 1 heterocycles. The fourth-order valence-electron chi connectivity index (χ4n) is 2.44. The molecule has 1 fully saturated rings. The van der Waals surface area contributed by atoms with Gasteiger partial charge >= 0.3 is 0 Å². The summed E-state index contributed by atoms with van der Waals surface area (Å²) in [5.41, 5.74) is 6.65. The van der Waals surface area contributed by atoms with Crippen molar-refractivity contribution < 1.29 is 9.53 Å². The summed E-state index contributed by atoms with van der Waals surface area (Å²) in [4.78, 5) is 16.0. The predicted octanol–water partition coefficient (Wildman–Crippen LogP) is 1.41. The number of nitrogens with zero attached hydrogens (tertiary/aromatic N) is 1. The third-order valence-electron chi connectivity index (χ3n) is 3.42. The molecule has 1 aliphatic carbocycles. The summed E-state index contributed by atoms with van der Waals surface area (Å²) in [6, 6.07) is 4.13. The quantitative estimate of drug-likeness (QED) is 0.824. The SMILES string of the molecule is CC(N)Cc1ccc(OCC(=O)NC2CCCC2)cn1. The summed E-state index contributed by atoms with van der Waals surface area (Å²) in [5, 5.41) is 2.99. The van der Waals surface area contributed by atoms with Crippen LogP contribution in [0, 0.1) is 0 Å². The molecule has 0 aliphatic heterocycles. The van der Waals surface area contributed by atoms with Crippen molar-refractivity contribution in [2.75, 3.05) is 6.61 Å². The molecule has 1 atom stereocenters. The van der Waals surface area contributed by atoms with E-state index in [1.165, 1.54) is 12.8 Å². The monoisotopic (exact) mass is 277 g/mol. The van der Waals surface area contributed by atoms with E-state index < -0.39 is 0 Å². The lowest BCUT2D eigenvalue weighted by Gasteiger charge is -2.12. The molecule has 5 nitrogen and oxygen atoms in total. The lowest BCUT2D eigenvalue weighted by Crippen LogP contribution is -2.36. The first-order valence-corrected chi connectivity index (χ1v) is 7.26. The zero-order chi connectivity index (χ0) is 14.4. The number of aromatic nitrogens is 1. The predicted molar refractivity (Wildman–Crippen MR) is 77.5 cm³/mol. The van der Waals surface area contributed by atoms with Gasteiger partial charge in [0.15, 0.2) is 6.61 Å². The Balaban J connectivity index is 1.74. The second-order valence-corrected chi connectivity index (χ2v) is 5.50. The Kier molecular flexibility index (Phi) is 5.35. The average Bonchev–Trinajstić information content (AvgIpc) is 2.90. The molecule has 5 heteroatoms. The highest BCUT2D eigenvalue weighted by Gasteiger charge is 2.17. The number of carbonyl (C=O) groups is 1. The van der Waals surface area contributed by atoms with Crippen molar-refractivity contribution in [3.8, 4) is 5.75 Å². The van der Waals surface area contributed by atoms with Crippen LogP contribution in [0.1, 0.15) is 38.3 Å². The van der Waals surface area contributed by atoms with Crippen LogP contribution in [0.3, 0.4) is 0 Å². The van der Waals surface area contributed by atoms with Crippen molar-refractivity contribution >= 4 is 5.91 Å². The average molecular weight is 277 g/mol. The number of hydrogen-bond donors (Lipinski definition) is 2. The van der Waals surface area contributed by atoms with Gasteiger partial charge in [0.1, 0.15) is 5.75 Å². The number of hydrogen-bond acceptors (Lipinski definition) is 4. The van der Waals surface area contributed by atoms with E-state index in [0.717, 1.165) is 25.0 Å². The van der Waals surface area contributed by atoms with Gasteiger partial charge in [0.05, 0.1) is 6.20 Å². The highest BCUT2D eigenvalue weighted by molar-refractivity contribution is 5.77. The van der Waals surface area contributed by atoms with Gasteiger partial charge in [0, 0.05) is 24.2 Å². The Morgan fingerprint density at radius 3 is 2.85 bits per heavy atom. The maximum atomic E-state index is 11.7. The summed E-state index contributed by atoms with van der Waals surface area (Å²) in [5.74, 6) is 0.552. The highest BCUT2D eigenvalue weighted by atomic mass is 16.5. The van der Waals surface area contributed by atoms with E-state index in [2.05, 4.69) is 10.3 Å². The van der Waals surface area contributed by atoms with E-state index in [1.807, 2.05) is 19.1 Å². The maximum Gasteiger partial charge on any atom is 0.258 e. The molecular weight excluding hydrogens is 254 g/mol. The lowest BCUT2D eigenvalue weighted by molar-refractivity contribution is -0.123. The van der Waals surface area contributed by atoms with Crippen LogP contribution in [0.5, 0.6) is 5.75 Å². The fraction of sp³-hybridized carbons (Fsp3) is 0.600. The van der Waals surface area contributed by atoms with E-state index in [1.54, 1.807) is 6.20 Å². The number of nitrogens with one attached hydrogen (secondary N) is 1. The Morgan fingerprint density at radius 1 is 1.50 bits per heavy atom. The van der Waals surface area contributed by atoms with Gasteiger partial charge < -0.3 is 15.8 Å². The topological polar surface area (TPSA) is 77.2 Å². The van der Waals surface area contributed by atoms with Crippen molar-refractivity contribution in [3.63, 3.8) is 0 Å². The molecule has 2 rings (SSSR count). The third kappa shape index (κ3) is 4.81. The minimum atomic E-state index is -0.0587. The minimum absolute atomic E-state index is 0.0464. The molecule has 1 aromatic rings. The van der Waals surface area contributed by atoms with Gasteiger partial charge in [-0.3, -0.25) is 9.78 Å². The Morgan fingerprint density at radius 2 is 2.25 bits per heavy atom. The van der Waals surface area contributed by atoms with Crippen LogP contribution in [0.4, 0.5) is 0 Å². The van der Waals surface area contributed by atoms with Crippen LogP contribution in [0.2, 0.25) is 0 Å². The van der Waals surface area contributed by atoms with Crippen molar-refractivity contribution in [1.82, 2.24) is 10.3 Å². The fourth-order valence-corrected chi connectivity index (χ4v) is 2.44. The van der Waals surface area contributed by atoms with Gasteiger partial charge in [-0.2, -0.15) is 0 Å². The summed E-state index contributed by atoms with van der Waals surface area (Å²) >= 11 is 0. The molecule has 0 aromatic carbocycles. The van der Waals surface area contributed by atoms with Crippen LogP contribution < -0.4 is 15.8 Å². The highest BCUT2D eigenvalue weighted by Crippen LogP contribution is 2.17. The Bertz CT molecular complexity index is 425. The molecular formula is C15H23N3O2. The summed E-state index contributed by atoms with van der Waals surface area (Å²) in [6.07, 6.45) is 6.95. The number of amides is 1. The second kappa shape index (κ2) is 7.24. The molecule has 3 N–H and O–H groups in total. The normalized spacial score (nSPS) is 16.9. The van der Waals surface area contributed by atoms with E-state index in [-0.39, 0.29) is 18.6 Å². The first-order valence-electron chi connectivity index (χ1n) is 7.26. The molecule has 0 bridgehead atoms. The minimum Gasteiger partial charge on any atom is -0.482 e. The van der Waals surface area contributed by atoms with Crippen LogP contribution in [-0.4, -0.2) is 29.6 Å². The standard InChI is InChI=1S/C15H23N3O2/c1-11(16)8-13-6-7-14(9-17-13)20-10-15(19)18-12-4-2-3-5-12/h6-7,9,11-12H,2-5,8,10,16H2,1H3,(H,18,19). The van der Waals surface area contributed by atoms with Crippen LogP contribution in [0.15, 0.2) is 18.3 Å². The first kappa shape index (κ1) is 14.8. The van der Waals surface area contributed by atoms with Gasteiger partial charge in [0.25, 0.3) is 5.91 Å². The first-order chi connectivity index (χ1) is 9.63. The molecule has 0 saturated heterocycles. The number of nitrogens with two attached hydrogens (primary N) is 1. The van der Waals surface area contributed by atoms with Gasteiger partial charge in [-0.25, -0.2) is 0 Å². The van der Waals surface area contributed by atoms with Crippen LogP contribution >= 0.6 is 0 Å². The summed E-state index contributed by atoms with van der Waals surface area (Å²) in [6.45, 7) is 1.99. The van der Waals surface area contributed by atoms with Crippen molar-refractivity contribution in [3.05, 3.63) is 24.0 Å². The number of pyridine rings is 1. The largest absolute Gasteiger partial charge is 0.482 e. The number of rotatable bonds is 6. The van der Waals surface area contributed by atoms with E-state index in [4.69, 9.17) is 10.5 Å². The molecule has 1 amide bonds. The summed E-state index contributed by atoms with van der Waals surface area (Å²) < 4.78 is 5.43. The number of carbonyl (C=O) groups excluding carboxylic acids is 1. The molecule has 1 unspecified atom stereocenters. The maximum absolute atomic E-state index is 11.7. The van der Waals surface area contributed by atoms with E-state index in [0.29, 0.717) is 11.8 Å². The number of ether oxygens (including phenoxy) is 1. The van der Waals surface area contributed by atoms with E-state index >= 15 is 0 Å². The Labute approximate surface area is 119 Å². The smallest absolute Gasteiger partial charge is 0.258 e. The second-order valence-electron chi connectivity index (χ2n) is 5.50. The van der Waals surface area contributed by atoms with Gasteiger partial charge in [0.2, 0.25) is 0 Å². The summed E-state index contributed by atoms with van der Waals surface area (Å²) in [7, 11) is 0. The zero-order valence-electron chi connectivity index (χ0n) is 12.0. The molecule has 1 aromatic heterocycles. The lowest BCUT2D eigenvalue weighted by atomic mass is 10.2. The van der Waals surface area contributed by atoms with Gasteiger partial charge in [-0.05, 0) is 31.9 Å². The van der Waals surface area contributed by atoms with Gasteiger partial charge in [-0.1, -0.05) is 12.8 Å². The van der Waals surface area contributed by atoms with Crippen LogP contribution in [0.25, 0.3) is 0 Å². The molecule has 0 radical (unpaired) electrons. The molecule has 1 saturated carbocycles. The molecule has 110 valence electrons.